The lowest BCUT2D eigenvalue weighted by Crippen LogP contribution is -2.38. The summed E-state index contributed by atoms with van der Waals surface area (Å²) in [5, 5.41) is 11.0. The maximum atomic E-state index is 12.2. The Hall–Kier alpha value is -0.410. The van der Waals surface area contributed by atoms with Gasteiger partial charge in [0.15, 0.2) is 5.92 Å². The van der Waals surface area contributed by atoms with E-state index in [1.807, 2.05) is 20.1 Å². The molecule has 0 amide bonds. The number of nitrogens with one attached hydrogen (secondary N) is 1. The molecule has 0 rings (SSSR count). The summed E-state index contributed by atoms with van der Waals surface area (Å²) in [5.74, 6) is -1.92. The van der Waals surface area contributed by atoms with Crippen LogP contribution < -0.4 is 5.32 Å². The van der Waals surface area contributed by atoms with Gasteiger partial charge in [-0.2, -0.15) is 30.2 Å². The first-order valence-electron chi connectivity index (χ1n) is 4.45. The van der Waals surface area contributed by atoms with E-state index in [1.165, 1.54) is 6.07 Å². The summed E-state index contributed by atoms with van der Waals surface area (Å²) in [6.07, 6.45) is -2.54. The lowest BCUT2D eigenvalue weighted by atomic mass is 10.1. The zero-order chi connectivity index (χ0) is 12.1. The lowest BCUT2D eigenvalue weighted by molar-refractivity contribution is -0.157. The van der Waals surface area contributed by atoms with Crippen LogP contribution in [0.25, 0.3) is 0 Å². The third kappa shape index (κ3) is 5.90. The highest BCUT2D eigenvalue weighted by Crippen LogP contribution is 2.25. The minimum atomic E-state index is -4.44. The van der Waals surface area contributed by atoms with Gasteiger partial charge in [0.2, 0.25) is 0 Å². The van der Waals surface area contributed by atoms with Crippen molar-refractivity contribution in [3.8, 4) is 6.07 Å². The average molecular weight is 240 g/mol. The molecule has 0 aliphatic heterocycles. The summed E-state index contributed by atoms with van der Waals surface area (Å²) in [4.78, 5) is 0. The van der Waals surface area contributed by atoms with Crippen molar-refractivity contribution < 1.29 is 13.2 Å². The fourth-order valence-electron chi connectivity index (χ4n) is 0.824. The zero-order valence-corrected chi connectivity index (χ0v) is 9.80. The fourth-order valence-corrected chi connectivity index (χ4v) is 1.07. The van der Waals surface area contributed by atoms with E-state index in [0.29, 0.717) is 6.54 Å². The topological polar surface area (TPSA) is 35.8 Å². The van der Waals surface area contributed by atoms with Crippen LogP contribution in [0.2, 0.25) is 0 Å². The van der Waals surface area contributed by atoms with Gasteiger partial charge >= 0.3 is 6.18 Å². The maximum absolute atomic E-state index is 12.2. The molecule has 15 heavy (non-hydrogen) atoms. The highest BCUT2D eigenvalue weighted by Gasteiger charge is 2.39. The molecule has 0 fully saturated rings. The molecule has 0 radical (unpaired) electrons. The van der Waals surface area contributed by atoms with Crippen molar-refractivity contribution in [2.45, 2.75) is 24.8 Å². The van der Waals surface area contributed by atoms with Crippen molar-refractivity contribution in [3.05, 3.63) is 0 Å². The van der Waals surface area contributed by atoms with E-state index in [0.717, 1.165) is 0 Å². The van der Waals surface area contributed by atoms with E-state index < -0.39 is 12.1 Å². The molecule has 0 saturated heterocycles. The molecule has 1 atom stereocenters. The standard InChI is InChI=1S/C9H15F3N2S/c1-8(2,15-3)6-14-5-7(4-13)9(10,11)12/h7,14H,5-6H2,1-3H3. The van der Waals surface area contributed by atoms with Crippen LogP contribution in [0.15, 0.2) is 0 Å². The van der Waals surface area contributed by atoms with E-state index in [2.05, 4.69) is 5.32 Å². The largest absolute Gasteiger partial charge is 0.405 e. The second kappa shape index (κ2) is 5.61. The summed E-state index contributed by atoms with van der Waals surface area (Å²) in [6, 6.07) is 1.25. The van der Waals surface area contributed by atoms with Crippen LogP contribution >= 0.6 is 11.8 Å². The molecular formula is C9H15F3N2S. The smallest absolute Gasteiger partial charge is 0.314 e. The average Bonchev–Trinajstić information content (AvgIpc) is 2.10. The Balaban J connectivity index is 4.01. The number of nitrogens with zero attached hydrogens (tertiary/aromatic N) is 1. The summed E-state index contributed by atoms with van der Waals surface area (Å²) in [5.41, 5.74) is 0. The summed E-state index contributed by atoms with van der Waals surface area (Å²) in [7, 11) is 0. The summed E-state index contributed by atoms with van der Waals surface area (Å²) < 4.78 is 36.3. The molecule has 1 unspecified atom stereocenters. The Morgan fingerprint density at radius 3 is 2.27 bits per heavy atom. The van der Waals surface area contributed by atoms with Crippen LogP contribution in [-0.2, 0) is 0 Å². The highest BCUT2D eigenvalue weighted by molar-refractivity contribution is 7.99. The minimum Gasteiger partial charge on any atom is -0.314 e. The number of nitriles is 1. The molecule has 0 aromatic heterocycles. The van der Waals surface area contributed by atoms with Gasteiger partial charge < -0.3 is 5.32 Å². The first kappa shape index (κ1) is 14.6. The molecule has 0 heterocycles. The normalized spacial score (nSPS) is 14.7. The van der Waals surface area contributed by atoms with Crippen molar-refractivity contribution in [1.82, 2.24) is 5.32 Å². The summed E-state index contributed by atoms with van der Waals surface area (Å²) >= 11 is 1.57. The quantitative estimate of drug-likeness (QED) is 0.801. The van der Waals surface area contributed by atoms with Gasteiger partial charge in [-0.05, 0) is 20.1 Å². The third-order valence-corrected chi connectivity index (χ3v) is 3.25. The molecule has 0 spiro atoms. The van der Waals surface area contributed by atoms with Gasteiger partial charge in [-0.15, -0.1) is 0 Å². The minimum absolute atomic E-state index is 0.119. The molecule has 1 N–H and O–H groups in total. The predicted molar refractivity (Wildman–Crippen MR) is 55.6 cm³/mol. The zero-order valence-electron chi connectivity index (χ0n) is 8.98. The molecule has 0 saturated carbocycles. The SMILES string of the molecule is CSC(C)(C)CNCC(C#N)C(F)(F)F. The second-order valence-electron chi connectivity index (χ2n) is 3.82. The van der Waals surface area contributed by atoms with Gasteiger partial charge in [-0.1, -0.05) is 0 Å². The second-order valence-corrected chi connectivity index (χ2v) is 5.33. The number of thioether (sulfide) groups is 1. The van der Waals surface area contributed by atoms with Crippen molar-refractivity contribution in [2.24, 2.45) is 5.92 Å². The molecule has 0 aliphatic rings. The van der Waals surface area contributed by atoms with Crippen LogP contribution in [0.1, 0.15) is 13.8 Å². The predicted octanol–water partition coefficient (Wildman–Crippen LogP) is 2.42. The fraction of sp³-hybridized carbons (Fsp3) is 0.889. The Labute approximate surface area is 92.2 Å². The highest BCUT2D eigenvalue weighted by atomic mass is 32.2. The van der Waals surface area contributed by atoms with Crippen LogP contribution in [0, 0.1) is 17.2 Å². The van der Waals surface area contributed by atoms with E-state index in [4.69, 9.17) is 5.26 Å². The first-order chi connectivity index (χ1) is 6.73. The van der Waals surface area contributed by atoms with Crippen molar-refractivity contribution in [1.29, 1.82) is 5.26 Å². The molecule has 0 aromatic rings. The van der Waals surface area contributed by atoms with Gasteiger partial charge in [0, 0.05) is 17.8 Å². The van der Waals surface area contributed by atoms with Crippen molar-refractivity contribution in [2.75, 3.05) is 19.3 Å². The van der Waals surface area contributed by atoms with E-state index >= 15 is 0 Å². The molecular weight excluding hydrogens is 225 g/mol. The monoisotopic (exact) mass is 240 g/mol. The molecule has 0 aliphatic carbocycles. The van der Waals surface area contributed by atoms with E-state index in [-0.39, 0.29) is 11.3 Å². The maximum Gasteiger partial charge on any atom is 0.405 e. The summed E-state index contributed by atoms with van der Waals surface area (Å²) in [6.45, 7) is 3.96. The van der Waals surface area contributed by atoms with Crippen LogP contribution in [-0.4, -0.2) is 30.3 Å². The van der Waals surface area contributed by atoms with E-state index in [9.17, 15) is 13.2 Å². The molecule has 6 heteroatoms. The lowest BCUT2D eigenvalue weighted by Gasteiger charge is -2.23. The Kier molecular flexibility index (Phi) is 5.46. The van der Waals surface area contributed by atoms with Crippen molar-refractivity contribution >= 4 is 11.8 Å². The number of alkyl halides is 3. The Morgan fingerprint density at radius 2 is 1.93 bits per heavy atom. The van der Waals surface area contributed by atoms with Gasteiger partial charge in [0.25, 0.3) is 0 Å². The van der Waals surface area contributed by atoms with E-state index in [1.54, 1.807) is 11.8 Å². The van der Waals surface area contributed by atoms with Crippen LogP contribution in [0.3, 0.4) is 0 Å². The molecule has 88 valence electrons. The third-order valence-electron chi connectivity index (χ3n) is 2.00. The van der Waals surface area contributed by atoms with Gasteiger partial charge in [-0.25, -0.2) is 0 Å². The van der Waals surface area contributed by atoms with Crippen molar-refractivity contribution in [3.63, 3.8) is 0 Å². The number of halogens is 3. The Morgan fingerprint density at radius 1 is 1.40 bits per heavy atom. The first-order valence-corrected chi connectivity index (χ1v) is 5.67. The van der Waals surface area contributed by atoms with Gasteiger partial charge in [0.05, 0.1) is 6.07 Å². The molecule has 0 aromatic carbocycles. The molecule has 2 nitrogen and oxygen atoms in total. The molecule has 0 bridgehead atoms. The Bertz CT molecular complexity index is 232. The van der Waals surface area contributed by atoms with Crippen LogP contribution in [0.4, 0.5) is 13.2 Å². The number of hydrogen-bond donors (Lipinski definition) is 1. The van der Waals surface area contributed by atoms with Gasteiger partial charge in [-0.3, -0.25) is 0 Å². The van der Waals surface area contributed by atoms with Crippen LogP contribution in [0.5, 0.6) is 0 Å². The van der Waals surface area contributed by atoms with Gasteiger partial charge in [0.1, 0.15) is 0 Å². The number of rotatable bonds is 5. The number of hydrogen-bond acceptors (Lipinski definition) is 3.